The summed E-state index contributed by atoms with van der Waals surface area (Å²) in [6.07, 6.45) is 4.66. The van der Waals surface area contributed by atoms with Crippen molar-refractivity contribution in [1.29, 1.82) is 0 Å². The number of hydrogen-bond donors (Lipinski definition) is 4. The van der Waals surface area contributed by atoms with E-state index in [0.29, 0.717) is 12.1 Å². The molecule has 0 radical (unpaired) electrons. The van der Waals surface area contributed by atoms with E-state index in [0.717, 1.165) is 37.6 Å². The molecule has 108 valence electrons. The summed E-state index contributed by atoms with van der Waals surface area (Å²) in [4.78, 5) is 0. The van der Waals surface area contributed by atoms with Gasteiger partial charge in [0.15, 0.2) is 11.6 Å². The summed E-state index contributed by atoms with van der Waals surface area (Å²) < 4.78 is 0. The Labute approximate surface area is 115 Å². The second-order valence-electron chi connectivity index (χ2n) is 4.84. The van der Waals surface area contributed by atoms with Crippen LogP contribution in [0.4, 0.5) is 0 Å². The molecule has 0 aromatic carbocycles. The summed E-state index contributed by atoms with van der Waals surface area (Å²) in [6.45, 7) is 2.14. The topological polar surface area (TPSA) is 133 Å². The molecule has 0 saturated carbocycles. The van der Waals surface area contributed by atoms with E-state index < -0.39 is 0 Å². The van der Waals surface area contributed by atoms with Crippen LogP contribution in [0.25, 0.3) is 0 Å². The molecule has 0 amide bonds. The molecule has 4 heterocycles. The Balaban J connectivity index is 0.000000121. The third kappa shape index (κ3) is 3.14. The molecule has 2 atom stereocenters. The van der Waals surface area contributed by atoms with Gasteiger partial charge in [0.05, 0.1) is 12.1 Å². The number of rotatable bonds is 2. The first-order valence-corrected chi connectivity index (χ1v) is 6.87. The first-order valence-electron chi connectivity index (χ1n) is 6.87. The normalized spacial score (nSPS) is 25.4. The lowest BCUT2D eigenvalue weighted by Crippen LogP contribution is -2.14. The zero-order chi connectivity index (χ0) is 13.6. The predicted molar refractivity (Wildman–Crippen MR) is 68.3 cm³/mol. The van der Waals surface area contributed by atoms with Crippen molar-refractivity contribution in [3.8, 4) is 0 Å². The predicted octanol–water partition coefficient (Wildman–Crippen LogP) is -0.752. The smallest absolute Gasteiger partial charge is 0.191 e. The molecule has 2 aliphatic heterocycles. The largest absolute Gasteiger partial charge is 0.307 e. The third-order valence-corrected chi connectivity index (χ3v) is 3.47. The molecule has 0 spiro atoms. The minimum atomic E-state index is 0.332. The number of hydrogen-bond acceptors (Lipinski definition) is 8. The maximum atomic E-state index is 3.89. The summed E-state index contributed by atoms with van der Waals surface area (Å²) in [5, 5.41) is 34.0. The number of nitrogens with one attached hydrogen (secondary N) is 4. The van der Waals surface area contributed by atoms with E-state index in [1.807, 2.05) is 0 Å². The molecule has 2 aromatic heterocycles. The molecule has 2 saturated heterocycles. The van der Waals surface area contributed by atoms with E-state index in [-0.39, 0.29) is 0 Å². The van der Waals surface area contributed by atoms with Crippen molar-refractivity contribution in [3.63, 3.8) is 0 Å². The number of aromatic amines is 2. The average Bonchev–Trinajstić information content (AvgIpc) is 3.29. The second kappa shape index (κ2) is 6.48. The Kier molecular flexibility index (Phi) is 4.23. The molecule has 0 bridgehead atoms. The molecule has 4 rings (SSSR count). The van der Waals surface area contributed by atoms with E-state index in [4.69, 9.17) is 0 Å². The van der Waals surface area contributed by atoms with Gasteiger partial charge in [-0.3, -0.25) is 0 Å². The first-order chi connectivity index (χ1) is 9.93. The van der Waals surface area contributed by atoms with Gasteiger partial charge in [-0.1, -0.05) is 10.4 Å². The summed E-state index contributed by atoms with van der Waals surface area (Å²) in [7, 11) is 0. The number of tetrazole rings is 2. The van der Waals surface area contributed by atoms with Gasteiger partial charge in [-0.15, -0.1) is 20.4 Å². The van der Waals surface area contributed by atoms with E-state index in [1.54, 1.807) is 0 Å². The lowest BCUT2D eigenvalue weighted by molar-refractivity contribution is 0.606. The van der Waals surface area contributed by atoms with Crippen LogP contribution in [0.15, 0.2) is 0 Å². The average molecular weight is 278 g/mol. The molecule has 0 aliphatic carbocycles. The monoisotopic (exact) mass is 278 g/mol. The third-order valence-electron chi connectivity index (χ3n) is 3.47. The Morgan fingerprint density at radius 1 is 0.750 bits per heavy atom. The Morgan fingerprint density at radius 3 is 1.55 bits per heavy atom. The standard InChI is InChI=1S/2C5H9N5/c2*1-2-4(6-3-1)5-7-9-10-8-5/h2*4,6H,1-3H2,(H,7,8,9,10)/t2*4-/m10/s1. The lowest BCUT2D eigenvalue weighted by Gasteiger charge is -2.00. The van der Waals surface area contributed by atoms with Gasteiger partial charge in [0.25, 0.3) is 0 Å². The molecule has 20 heavy (non-hydrogen) atoms. The van der Waals surface area contributed by atoms with Crippen molar-refractivity contribution in [2.45, 2.75) is 37.8 Å². The molecule has 4 N–H and O–H groups in total. The highest BCUT2D eigenvalue weighted by molar-refractivity contribution is 4.92. The zero-order valence-electron chi connectivity index (χ0n) is 11.1. The molecule has 2 fully saturated rings. The van der Waals surface area contributed by atoms with E-state index in [2.05, 4.69) is 51.9 Å². The molecule has 2 aromatic rings. The van der Waals surface area contributed by atoms with Crippen LogP contribution in [0.1, 0.15) is 49.4 Å². The van der Waals surface area contributed by atoms with Gasteiger partial charge in [-0.25, -0.2) is 0 Å². The van der Waals surface area contributed by atoms with Crippen LogP contribution >= 0.6 is 0 Å². The van der Waals surface area contributed by atoms with Gasteiger partial charge in [0, 0.05) is 0 Å². The highest BCUT2D eigenvalue weighted by atomic mass is 15.5. The van der Waals surface area contributed by atoms with Crippen LogP contribution in [0.5, 0.6) is 0 Å². The molecule has 0 unspecified atom stereocenters. The van der Waals surface area contributed by atoms with Gasteiger partial charge in [-0.05, 0) is 38.8 Å². The molecule has 10 nitrogen and oxygen atoms in total. The Morgan fingerprint density at radius 2 is 1.25 bits per heavy atom. The fraction of sp³-hybridized carbons (Fsp3) is 0.800. The van der Waals surface area contributed by atoms with E-state index >= 15 is 0 Å². The van der Waals surface area contributed by atoms with Crippen molar-refractivity contribution in [2.75, 3.05) is 13.1 Å². The molecule has 2 aliphatic rings. The molecule has 10 heteroatoms. The van der Waals surface area contributed by atoms with Crippen LogP contribution in [0, 0.1) is 0 Å². The van der Waals surface area contributed by atoms with Gasteiger partial charge in [0.1, 0.15) is 0 Å². The van der Waals surface area contributed by atoms with Crippen LogP contribution in [0.3, 0.4) is 0 Å². The van der Waals surface area contributed by atoms with Crippen LogP contribution in [0.2, 0.25) is 0 Å². The number of aromatic nitrogens is 8. The van der Waals surface area contributed by atoms with Crippen LogP contribution in [-0.2, 0) is 0 Å². The SMILES string of the molecule is C1CN[C@@H](c2nn[nH]n2)C1.C1CN[C@H](c2nn[nH]n2)C1. The van der Waals surface area contributed by atoms with Crippen molar-refractivity contribution in [2.24, 2.45) is 0 Å². The zero-order valence-corrected chi connectivity index (χ0v) is 11.1. The van der Waals surface area contributed by atoms with Gasteiger partial charge >= 0.3 is 0 Å². The van der Waals surface area contributed by atoms with E-state index in [9.17, 15) is 0 Å². The number of H-pyrrole nitrogens is 2. The minimum Gasteiger partial charge on any atom is -0.307 e. The summed E-state index contributed by atoms with van der Waals surface area (Å²) in [6, 6.07) is 0.664. The van der Waals surface area contributed by atoms with E-state index in [1.165, 1.54) is 12.8 Å². The molecular formula is C10H18N10. The maximum absolute atomic E-state index is 3.89. The van der Waals surface area contributed by atoms with Crippen molar-refractivity contribution in [3.05, 3.63) is 11.6 Å². The summed E-state index contributed by atoms with van der Waals surface area (Å²) >= 11 is 0. The van der Waals surface area contributed by atoms with Crippen molar-refractivity contribution >= 4 is 0 Å². The van der Waals surface area contributed by atoms with Crippen molar-refractivity contribution in [1.82, 2.24) is 51.9 Å². The first kappa shape index (κ1) is 13.1. The highest BCUT2D eigenvalue weighted by Crippen LogP contribution is 2.18. The quantitative estimate of drug-likeness (QED) is 0.564. The Bertz CT molecular complexity index is 422. The van der Waals surface area contributed by atoms with Crippen LogP contribution in [-0.4, -0.2) is 54.3 Å². The van der Waals surface area contributed by atoms with Crippen LogP contribution < -0.4 is 10.6 Å². The highest BCUT2D eigenvalue weighted by Gasteiger charge is 2.20. The Hall–Kier alpha value is -1.94. The van der Waals surface area contributed by atoms with Gasteiger partial charge in [-0.2, -0.15) is 10.4 Å². The van der Waals surface area contributed by atoms with Gasteiger partial charge in [0.2, 0.25) is 0 Å². The summed E-state index contributed by atoms with van der Waals surface area (Å²) in [5.74, 6) is 1.58. The lowest BCUT2D eigenvalue weighted by atomic mass is 10.2. The van der Waals surface area contributed by atoms with Gasteiger partial charge < -0.3 is 10.6 Å². The minimum absolute atomic E-state index is 0.332. The fourth-order valence-corrected chi connectivity index (χ4v) is 2.44. The molecular weight excluding hydrogens is 260 g/mol. The maximum Gasteiger partial charge on any atom is 0.191 e. The summed E-state index contributed by atoms with van der Waals surface area (Å²) in [5.41, 5.74) is 0. The second-order valence-corrected chi connectivity index (χ2v) is 4.84. The fourth-order valence-electron chi connectivity index (χ4n) is 2.44. The van der Waals surface area contributed by atoms with Crippen molar-refractivity contribution < 1.29 is 0 Å². The number of nitrogens with zero attached hydrogens (tertiary/aromatic N) is 6.